The molecule has 8 nitrogen and oxygen atoms in total. The Morgan fingerprint density at radius 2 is 1.92 bits per heavy atom. The normalized spacial score (nSPS) is 14.1. The molecule has 3 heterocycles. The lowest BCUT2D eigenvalue weighted by Gasteiger charge is -2.35. The number of likely N-dealkylation sites (N-methyl/N-ethyl adjacent to an activating group) is 1. The minimum Gasteiger partial charge on any atom is -0.437 e. The van der Waals surface area contributed by atoms with E-state index in [1.807, 2.05) is 19.1 Å². The minimum atomic E-state index is -0.318. The number of piperazine rings is 1. The molecule has 190 valence electrons. The maximum Gasteiger partial charge on any atom is 0.242 e. The van der Waals surface area contributed by atoms with Gasteiger partial charge < -0.3 is 24.8 Å². The van der Waals surface area contributed by atoms with Crippen LogP contribution >= 0.6 is 0 Å². The van der Waals surface area contributed by atoms with Gasteiger partial charge in [-0.25, -0.2) is 14.4 Å². The highest BCUT2D eigenvalue weighted by molar-refractivity contribution is 5.86. The Bertz CT molecular complexity index is 1470. The molecule has 1 saturated heterocycles. The molecule has 9 heteroatoms. The first-order chi connectivity index (χ1) is 18.0. The Morgan fingerprint density at radius 1 is 1.11 bits per heavy atom. The Balaban J connectivity index is 1.39. The van der Waals surface area contributed by atoms with Gasteiger partial charge in [0.15, 0.2) is 11.4 Å². The lowest BCUT2D eigenvalue weighted by molar-refractivity contribution is 0.270. The first-order valence-electron chi connectivity index (χ1n) is 12.6. The average molecular weight is 500 g/mol. The number of fused-ring (bicyclic) bond motifs is 1. The number of H-pyrrole nitrogens is 1. The van der Waals surface area contributed by atoms with Crippen LogP contribution in [0.5, 0.6) is 11.6 Å². The standard InChI is InChI=1S/C28H30FN7O/c1-4-20-21-14-18(3)33-24(21)7-9-26(20)37-28-22(16-30)27(31-17-32-28)34-19-6-8-25(23(29)15-19)36-12-10-35(5-2)11-13-36/h6-9,14-15,17,33H,4-5,10-13H2,1-3H3,(H,31,32,34). The monoisotopic (exact) mass is 499 g/mol. The SMILES string of the molecule is CCc1c(Oc2ncnc(Nc3ccc(N4CCN(CC)CC4)c(F)c3)c2C#N)ccc2[nH]c(C)cc12. The van der Waals surface area contributed by atoms with E-state index < -0.39 is 0 Å². The zero-order chi connectivity index (χ0) is 25.9. The van der Waals surface area contributed by atoms with Gasteiger partial charge in [0, 0.05) is 54.0 Å². The van der Waals surface area contributed by atoms with Crippen LogP contribution in [0.4, 0.5) is 21.6 Å². The highest BCUT2D eigenvalue weighted by Crippen LogP contribution is 2.35. The van der Waals surface area contributed by atoms with Gasteiger partial charge in [-0.05, 0) is 56.3 Å². The molecule has 0 atom stereocenters. The summed E-state index contributed by atoms with van der Waals surface area (Å²) in [5, 5.41) is 14.1. The predicted molar refractivity (Wildman–Crippen MR) is 143 cm³/mol. The molecule has 0 unspecified atom stereocenters. The number of hydrogen-bond acceptors (Lipinski definition) is 7. The molecule has 5 rings (SSSR count). The molecule has 1 fully saturated rings. The Kier molecular flexibility index (Phi) is 6.93. The summed E-state index contributed by atoms with van der Waals surface area (Å²) in [5.41, 5.74) is 4.34. The van der Waals surface area contributed by atoms with E-state index in [9.17, 15) is 5.26 Å². The Morgan fingerprint density at radius 3 is 2.62 bits per heavy atom. The fourth-order valence-corrected chi connectivity index (χ4v) is 4.87. The zero-order valence-corrected chi connectivity index (χ0v) is 21.3. The van der Waals surface area contributed by atoms with Crippen LogP contribution in [-0.2, 0) is 6.42 Å². The van der Waals surface area contributed by atoms with Gasteiger partial charge >= 0.3 is 0 Å². The fourth-order valence-electron chi connectivity index (χ4n) is 4.87. The van der Waals surface area contributed by atoms with E-state index >= 15 is 4.39 Å². The second-order valence-electron chi connectivity index (χ2n) is 9.14. The second-order valence-corrected chi connectivity index (χ2v) is 9.14. The topological polar surface area (TPSA) is 93.1 Å². The number of benzene rings is 2. The van der Waals surface area contributed by atoms with Gasteiger partial charge in [-0.3, -0.25) is 0 Å². The van der Waals surface area contributed by atoms with Crippen molar-refractivity contribution in [1.82, 2.24) is 19.9 Å². The molecule has 0 radical (unpaired) electrons. The molecular formula is C28H30FN7O. The Hall–Kier alpha value is -4.16. The number of hydrogen-bond donors (Lipinski definition) is 2. The number of aryl methyl sites for hydroxylation is 2. The van der Waals surface area contributed by atoms with E-state index in [0.717, 1.165) is 61.3 Å². The van der Waals surface area contributed by atoms with Crippen LogP contribution in [0, 0.1) is 24.1 Å². The van der Waals surface area contributed by atoms with Gasteiger partial charge in [-0.2, -0.15) is 5.26 Å². The molecule has 2 aromatic heterocycles. The first kappa shape index (κ1) is 24.5. The van der Waals surface area contributed by atoms with Crippen LogP contribution in [-0.4, -0.2) is 52.6 Å². The molecular weight excluding hydrogens is 469 g/mol. The number of nitrogens with zero attached hydrogens (tertiary/aromatic N) is 5. The molecule has 2 aromatic carbocycles. The highest BCUT2D eigenvalue weighted by Gasteiger charge is 2.20. The van der Waals surface area contributed by atoms with Gasteiger partial charge in [0.2, 0.25) is 5.88 Å². The lowest BCUT2D eigenvalue weighted by Crippen LogP contribution is -2.46. The molecule has 0 saturated carbocycles. The third-order valence-electron chi connectivity index (χ3n) is 6.86. The summed E-state index contributed by atoms with van der Waals surface area (Å²) >= 11 is 0. The van der Waals surface area contributed by atoms with Crippen LogP contribution in [0.2, 0.25) is 0 Å². The average Bonchev–Trinajstić information content (AvgIpc) is 3.29. The van der Waals surface area contributed by atoms with Crippen molar-refractivity contribution in [1.29, 1.82) is 5.26 Å². The van der Waals surface area contributed by atoms with Crippen molar-refractivity contribution in [3.63, 3.8) is 0 Å². The number of anilines is 3. The fraction of sp³-hybridized carbons (Fsp3) is 0.321. The lowest BCUT2D eigenvalue weighted by atomic mass is 10.1. The molecule has 37 heavy (non-hydrogen) atoms. The summed E-state index contributed by atoms with van der Waals surface area (Å²) in [6.07, 6.45) is 2.09. The molecule has 4 aromatic rings. The van der Waals surface area contributed by atoms with Crippen molar-refractivity contribution >= 4 is 28.1 Å². The number of halogens is 1. The van der Waals surface area contributed by atoms with Gasteiger partial charge in [-0.1, -0.05) is 13.8 Å². The Labute approximate surface area is 215 Å². The van der Waals surface area contributed by atoms with E-state index in [1.54, 1.807) is 12.1 Å². The van der Waals surface area contributed by atoms with Crippen molar-refractivity contribution < 1.29 is 9.13 Å². The van der Waals surface area contributed by atoms with E-state index in [4.69, 9.17) is 4.74 Å². The maximum atomic E-state index is 15.1. The van der Waals surface area contributed by atoms with Crippen molar-refractivity contribution in [3.8, 4) is 17.7 Å². The number of ether oxygens (including phenoxy) is 1. The number of nitrogens with one attached hydrogen (secondary N) is 2. The predicted octanol–water partition coefficient (Wildman–Crippen LogP) is 5.52. The summed E-state index contributed by atoms with van der Waals surface area (Å²) < 4.78 is 21.2. The van der Waals surface area contributed by atoms with Gasteiger partial charge in [-0.15, -0.1) is 0 Å². The molecule has 0 amide bonds. The van der Waals surface area contributed by atoms with Gasteiger partial charge in [0.25, 0.3) is 0 Å². The summed E-state index contributed by atoms with van der Waals surface area (Å²) in [7, 11) is 0. The molecule has 2 N–H and O–H groups in total. The zero-order valence-electron chi connectivity index (χ0n) is 21.3. The van der Waals surface area contributed by atoms with E-state index in [1.165, 1.54) is 12.4 Å². The van der Waals surface area contributed by atoms with Crippen molar-refractivity contribution in [3.05, 3.63) is 65.4 Å². The molecule has 0 spiro atoms. The number of aromatic nitrogens is 3. The van der Waals surface area contributed by atoms with Crippen molar-refractivity contribution in [2.45, 2.75) is 27.2 Å². The quantitative estimate of drug-likeness (QED) is 0.346. The van der Waals surface area contributed by atoms with Gasteiger partial charge in [0.05, 0.1) is 5.69 Å². The molecule has 0 aliphatic carbocycles. The number of rotatable bonds is 7. The first-order valence-corrected chi connectivity index (χ1v) is 12.6. The number of nitriles is 1. The van der Waals surface area contributed by atoms with Crippen LogP contribution in [0.15, 0.2) is 42.7 Å². The second kappa shape index (κ2) is 10.4. The summed E-state index contributed by atoms with van der Waals surface area (Å²) in [6.45, 7) is 10.6. The van der Waals surface area contributed by atoms with Crippen molar-refractivity contribution in [2.24, 2.45) is 0 Å². The largest absolute Gasteiger partial charge is 0.437 e. The van der Waals surface area contributed by atoms with Gasteiger partial charge in [0.1, 0.15) is 24.0 Å². The smallest absolute Gasteiger partial charge is 0.242 e. The van der Waals surface area contributed by atoms with Crippen LogP contribution in [0.3, 0.4) is 0 Å². The molecule has 1 aliphatic heterocycles. The van der Waals surface area contributed by atoms with Crippen LogP contribution in [0.1, 0.15) is 30.7 Å². The van der Waals surface area contributed by atoms with Crippen LogP contribution in [0.25, 0.3) is 10.9 Å². The number of aromatic amines is 1. The van der Waals surface area contributed by atoms with E-state index in [-0.39, 0.29) is 23.1 Å². The third kappa shape index (κ3) is 4.93. The summed E-state index contributed by atoms with van der Waals surface area (Å²) in [4.78, 5) is 16.2. The summed E-state index contributed by atoms with van der Waals surface area (Å²) in [5.74, 6) is 0.718. The minimum absolute atomic E-state index is 0.146. The van der Waals surface area contributed by atoms with E-state index in [2.05, 4.69) is 56.1 Å². The molecule has 0 bridgehead atoms. The maximum absolute atomic E-state index is 15.1. The molecule has 1 aliphatic rings. The van der Waals surface area contributed by atoms with E-state index in [0.29, 0.717) is 17.1 Å². The van der Waals surface area contributed by atoms with Crippen molar-refractivity contribution in [2.75, 3.05) is 42.9 Å². The van der Waals surface area contributed by atoms with Crippen LogP contribution < -0.4 is 15.0 Å². The highest BCUT2D eigenvalue weighted by atomic mass is 19.1. The summed E-state index contributed by atoms with van der Waals surface area (Å²) in [6, 6.07) is 13.1. The third-order valence-corrected chi connectivity index (χ3v) is 6.86.